The predicted octanol–water partition coefficient (Wildman–Crippen LogP) is 1.28. The van der Waals surface area contributed by atoms with E-state index < -0.39 is 11.6 Å². The maximum absolute atomic E-state index is 12.2. The number of amides is 3. The molecule has 3 amide bonds. The van der Waals surface area contributed by atoms with Crippen molar-refractivity contribution < 1.29 is 14.3 Å². The van der Waals surface area contributed by atoms with E-state index in [1.54, 1.807) is 4.90 Å². The number of rotatable bonds is 6. The lowest BCUT2D eigenvalue weighted by Crippen LogP contribution is -2.50. The second kappa shape index (κ2) is 8.07. The average molecular weight is 302 g/mol. The standard InChI is InChI=1S/C14H30N4O3/c1-13(2,3)18(12(20)21-14(4,5)6)10-9-16-7-8-17-11(15)19/h16H,7-10H2,1-6H3,(H3,15,17,19). The van der Waals surface area contributed by atoms with Gasteiger partial charge in [-0.2, -0.15) is 0 Å². The van der Waals surface area contributed by atoms with Crippen LogP contribution < -0.4 is 16.4 Å². The van der Waals surface area contributed by atoms with Crippen LogP contribution in [0, 0.1) is 0 Å². The van der Waals surface area contributed by atoms with Gasteiger partial charge in [0.15, 0.2) is 0 Å². The van der Waals surface area contributed by atoms with Crippen LogP contribution in [0.2, 0.25) is 0 Å². The van der Waals surface area contributed by atoms with Crippen molar-refractivity contribution in [3.8, 4) is 0 Å². The molecule has 0 saturated heterocycles. The van der Waals surface area contributed by atoms with E-state index in [9.17, 15) is 9.59 Å². The third-order valence-electron chi connectivity index (χ3n) is 2.54. The lowest BCUT2D eigenvalue weighted by molar-refractivity contribution is 0.00667. The topological polar surface area (TPSA) is 96.7 Å². The Hall–Kier alpha value is -1.50. The van der Waals surface area contributed by atoms with E-state index in [1.165, 1.54) is 0 Å². The molecule has 0 atom stereocenters. The number of carbonyl (C=O) groups excluding carboxylic acids is 2. The maximum atomic E-state index is 12.2. The molecule has 0 aromatic carbocycles. The Morgan fingerprint density at radius 3 is 2.05 bits per heavy atom. The van der Waals surface area contributed by atoms with Crippen LogP contribution in [0.25, 0.3) is 0 Å². The van der Waals surface area contributed by atoms with Gasteiger partial charge >= 0.3 is 12.1 Å². The van der Waals surface area contributed by atoms with Gasteiger partial charge in [0.25, 0.3) is 0 Å². The van der Waals surface area contributed by atoms with Crippen LogP contribution in [0.3, 0.4) is 0 Å². The van der Waals surface area contributed by atoms with Gasteiger partial charge in [0.1, 0.15) is 5.60 Å². The molecule has 0 saturated carbocycles. The smallest absolute Gasteiger partial charge is 0.410 e. The number of ether oxygens (including phenoxy) is 1. The van der Waals surface area contributed by atoms with Gasteiger partial charge in [-0.25, -0.2) is 9.59 Å². The first-order valence-electron chi connectivity index (χ1n) is 7.18. The highest BCUT2D eigenvalue weighted by molar-refractivity contribution is 5.71. The summed E-state index contributed by atoms with van der Waals surface area (Å²) in [7, 11) is 0. The quantitative estimate of drug-likeness (QED) is 0.644. The van der Waals surface area contributed by atoms with Crippen molar-refractivity contribution in [2.45, 2.75) is 52.7 Å². The fourth-order valence-corrected chi connectivity index (χ4v) is 1.61. The Bertz CT molecular complexity index is 345. The number of nitrogens with two attached hydrogens (primary N) is 1. The third kappa shape index (κ3) is 9.95. The van der Waals surface area contributed by atoms with Crippen molar-refractivity contribution in [1.29, 1.82) is 0 Å². The summed E-state index contributed by atoms with van der Waals surface area (Å²) in [5.41, 5.74) is 4.13. The SMILES string of the molecule is CC(C)(C)OC(=O)N(CCNCCNC(N)=O)C(C)(C)C. The van der Waals surface area contributed by atoms with E-state index in [4.69, 9.17) is 10.5 Å². The minimum atomic E-state index is -0.540. The van der Waals surface area contributed by atoms with Gasteiger partial charge in [0.05, 0.1) is 0 Å². The molecule has 0 unspecified atom stereocenters. The van der Waals surface area contributed by atoms with Gasteiger partial charge in [-0.3, -0.25) is 0 Å². The predicted molar refractivity (Wildman–Crippen MR) is 83.1 cm³/mol. The van der Waals surface area contributed by atoms with Gasteiger partial charge in [0.2, 0.25) is 0 Å². The summed E-state index contributed by atoms with van der Waals surface area (Å²) in [5, 5.41) is 5.63. The lowest BCUT2D eigenvalue weighted by atomic mass is 10.1. The Labute approximate surface area is 127 Å². The Morgan fingerprint density at radius 1 is 1.05 bits per heavy atom. The number of hydrogen-bond acceptors (Lipinski definition) is 4. The summed E-state index contributed by atoms with van der Waals surface area (Å²) < 4.78 is 5.42. The fourth-order valence-electron chi connectivity index (χ4n) is 1.61. The van der Waals surface area contributed by atoms with Crippen molar-refractivity contribution in [3.05, 3.63) is 0 Å². The van der Waals surface area contributed by atoms with Gasteiger partial charge in [-0.15, -0.1) is 0 Å². The summed E-state index contributed by atoms with van der Waals surface area (Å²) in [6.07, 6.45) is -0.327. The number of hydrogen-bond donors (Lipinski definition) is 3. The van der Waals surface area contributed by atoms with E-state index in [-0.39, 0.29) is 11.6 Å². The van der Waals surface area contributed by atoms with E-state index in [2.05, 4.69) is 10.6 Å². The molecule has 0 aromatic rings. The number of primary amides is 1. The Balaban J connectivity index is 4.27. The molecule has 21 heavy (non-hydrogen) atoms. The lowest BCUT2D eigenvalue weighted by Gasteiger charge is -2.36. The van der Waals surface area contributed by atoms with Crippen molar-refractivity contribution in [2.75, 3.05) is 26.2 Å². The molecule has 0 radical (unpaired) electrons. The van der Waals surface area contributed by atoms with Gasteiger partial charge < -0.3 is 26.0 Å². The molecule has 0 heterocycles. The van der Waals surface area contributed by atoms with E-state index in [0.717, 1.165) is 0 Å². The van der Waals surface area contributed by atoms with Crippen LogP contribution >= 0.6 is 0 Å². The summed E-state index contributed by atoms with van der Waals surface area (Å²) in [4.78, 5) is 24.4. The zero-order valence-electron chi connectivity index (χ0n) is 14.1. The molecule has 7 heteroatoms. The minimum Gasteiger partial charge on any atom is -0.444 e. The highest BCUT2D eigenvalue weighted by Crippen LogP contribution is 2.17. The molecule has 124 valence electrons. The number of urea groups is 1. The van der Waals surface area contributed by atoms with Gasteiger partial charge in [-0.05, 0) is 41.5 Å². The summed E-state index contributed by atoms with van der Waals surface area (Å²) >= 11 is 0. The Kier molecular flexibility index (Phi) is 7.49. The number of nitrogens with zero attached hydrogens (tertiary/aromatic N) is 1. The van der Waals surface area contributed by atoms with E-state index >= 15 is 0 Å². The maximum Gasteiger partial charge on any atom is 0.410 e. The highest BCUT2D eigenvalue weighted by Gasteiger charge is 2.30. The molecule has 0 aromatic heterocycles. The number of carbonyl (C=O) groups is 2. The average Bonchev–Trinajstić information content (AvgIpc) is 2.22. The minimum absolute atomic E-state index is 0.324. The molecule has 7 nitrogen and oxygen atoms in total. The molecule has 0 aliphatic heterocycles. The van der Waals surface area contributed by atoms with Crippen molar-refractivity contribution in [3.63, 3.8) is 0 Å². The summed E-state index contributed by atoms with van der Waals surface area (Å²) in [6.45, 7) is 13.6. The van der Waals surface area contributed by atoms with Gasteiger partial charge in [0, 0.05) is 31.7 Å². The third-order valence-corrected chi connectivity index (χ3v) is 2.54. The number of nitrogens with one attached hydrogen (secondary N) is 2. The zero-order valence-corrected chi connectivity index (χ0v) is 14.1. The van der Waals surface area contributed by atoms with Crippen LogP contribution in [-0.2, 0) is 4.74 Å². The molecule has 0 aliphatic carbocycles. The molecular formula is C14H30N4O3. The van der Waals surface area contributed by atoms with Crippen molar-refractivity contribution in [2.24, 2.45) is 5.73 Å². The zero-order chi connectivity index (χ0) is 16.7. The van der Waals surface area contributed by atoms with Gasteiger partial charge in [-0.1, -0.05) is 0 Å². The molecule has 0 aliphatic rings. The van der Waals surface area contributed by atoms with E-state index in [1.807, 2.05) is 41.5 Å². The van der Waals surface area contributed by atoms with Crippen LogP contribution in [0.5, 0.6) is 0 Å². The second-order valence-corrected chi connectivity index (χ2v) is 6.84. The van der Waals surface area contributed by atoms with Crippen LogP contribution in [0.15, 0.2) is 0 Å². The molecule has 0 rings (SSSR count). The molecule has 0 fully saturated rings. The molecule has 0 spiro atoms. The van der Waals surface area contributed by atoms with Crippen LogP contribution in [0.4, 0.5) is 9.59 Å². The monoisotopic (exact) mass is 302 g/mol. The largest absolute Gasteiger partial charge is 0.444 e. The van der Waals surface area contributed by atoms with Crippen molar-refractivity contribution in [1.82, 2.24) is 15.5 Å². The molecular weight excluding hydrogens is 272 g/mol. The first-order valence-corrected chi connectivity index (χ1v) is 7.18. The first kappa shape index (κ1) is 19.5. The summed E-state index contributed by atoms with van der Waals surface area (Å²) in [6, 6.07) is -0.540. The Morgan fingerprint density at radius 2 is 1.62 bits per heavy atom. The molecule has 4 N–H and O–H groups in total. The fraction of sp³-hybridized carbons (Fsp3) is 0.857. The highest BCUT2D eigenvalue weighted by atomic mass is 16.6. The first-order chi connectivity index (χ1) is 9.43. The van der Waals surface area contributed by atoms with Crippen LogP contribution in [-0.4, -0.2) is 54.3 Å². The van der Waals surface area contributed by atoms with Crippen LogP contribution in [0.1, 0.15) is 41.5 Å². The summed E-state index contributed by atoms with van der Waals surface area (Å²) in [5.74, 6) is 0. The van der Waals surface area contributed by atoms with Crippen molar-refractivity contribution >= 4 is 12.1 Å². The normalized spacial score (nSPS) is 11.9. The molecule has 0 bridgehead atoms. The second-order valence-electron chi connectivity index (χ2n) is 6.84. The van der Waals surface area contributed by atoms with E-state index in [0.29, 0.717) is 26.2 Å².